The van der Waals surface area contributed by atoms with E-state index in [9.17, 15) is 18.0 Å². The second-order valence-electron chi connectivity index (χ2n) is 5.55. The first-order valence-electron chi connectivity index (χ1n) is 6.69. The Balaban J connectivity index is 2.70. The summed E-state index contributed by atoms with van der Waals surface area (Å²) in [6, 6.07) is 7.81. The maximum atomic E-state index is 12.7. The molecule has 23 heavy (non-hydrogen) atoms. The van der Waals surface area contributed by atoms with Crippen LogP contribution in [0, 0.1) is 5.41 Å². The molecular formula is C16H14N2O4S. The van der Waals surface area contributed by atoms with E-state index < -0.39 is 20.9 Å². The monoisotopic (exact) mass is 330 g/mol. The molecule has 2 rings (SSSR count). The summed E-state index contributed by atoms with van der Waals surface area (Å²) in [7, 11) is -3.83. The second-order valence-corrected chi connectivity index (χ2v) is 7.50. The molecule has 7 heteroatoms. The van der Waals surface area contributed by atoms with Crippen LogP contribution in [0.25, 0.3) is 0 Å². The molecule has 0 N–H and O–H groups in total. The van der Waals surface area contributed by atoms with E-state index in [1.165, 1.54) is 36.4 Å². The summed E-state index contributed by atoms with van der Waals surface area (Å²) >= 11 is 0. The Morgan fingerprint density at radius 2 is 1.57 bits per heavy atom. The third-order valence-electron chi connectivity index (χ3n) is 3.75. The number of hydrogen-bond acceptors (Lipinski definition) is 6. The predicted octanol–water partition coefficient (Wildman–Crippen LogP) is 2.31. The number of carbonyl (C=O) groups excluding carboxylic acids is 2. The summed E-state index contributed by atoms with van der Waals surface area (Å²) in [5, 5.41) is 0. The molecule has 0 atom stereocenters. The summed E-state index contributed by atoms with van der Waals surface area (Å²) < 4.78 is 25.4. The minimum Gasteiger partial charge on any atom is -0.219 e. The molecule has 1 aliphatic carbocycles. The molecule has 1 aliphatic rings. The van der Waals surface area contributed by atoms with Gasteiger partial charge in [-0.3, -0.25) is 0 Å². The van der Waals surface area contributed by atoms with Gasteiger partial charge >= 0.3 is 0 Å². The van der Waals surface area contributed by atoms with Gasteiger partial charge in [-0.1, -0.05) is 38.1 Å². The van der Waals surface area contributed by atoms with Crippen LogP contribution in [0.1, 0.15) is 13.8 Å². The van der Waals surface area contributed by atoms with Gasteiger partial charge in [0.1, 0.15) is 0 Å². The fourth-order valence-corrected chi connectivity index (χ4v) is 3.62. The fraction of sp³-hybridized carbons (Fsp3) is 0.250. The van der Waals surface area contributed by atoms with Crippen molar-refractivity contribution in [2.45, 2.75) is 24.4 Å². The van der Waals surface area contributed by atoms with E-state index in [0.29, 0.717) is 0 Å². The fourth-order valence-electron chi connectivity index (χ4n) is 2.27. The maximum absolute atomic E-state index is 12.7. The van der Waals surface area contributed by atoms with Crippen LogP contribution in [-0.4, -0.2) is 26.2 Å². The highest BCUT2D eigenvalue weighted by Gasteiger charge is 2.46. The molecule has 0 aliphatic heterocycles. The molecule has 0 unspecified atom stereocenters. The lowest BCUT2D eigenvalue weighted by Crippen LogP contribution is -2.40. The van der Waals surface area contributed by atoms with Gasteiger partial charge in [-0.15, -0.1) is 0 Å². The number of sulfone groups is 1. The van der Waals surface area contributed by atoms with Crippen molar-refractivity contribution < 1.29 is 18.0 Å². The molecule has 0 aromatic heterocycles. The molecule has 1 aromatic rings. The van der Waals surface area contributed by atoms with Gasteiger partial charge in [0.2, 0.25) is 27.7 Å². The van der Waals surface area contributed by atoms with Crippen molar-refractivity contribution in [1.82, 2.24) is 0 Å². The number of rotatable bonds is 4. The molecule has 0 amide bonds. The number of aliphatic imine (C=N–C) groups is 2. The van der Waals surface area contributed by atoms with Crippen molar-refractivity contribution in [2.75, 3.05) is 0 Å². The van der Waals surface area contributed by atoms with E-state index in [0.717, 1.165) is 0 Å². The zero-order valence-electron chi connectivity index (χ0n) is 12.6. The number of allylic oxidation sites excluding steroid dienone is 1. The van der Waals surface area contributed by atoms with E-state index in [1.807, 2.05) is 0 Å². The zero-order valence-corrected chi connectivity index (χ0v) is 13.4. The first-order valence-corrected chi connectivity index (χ1v) is 8.18. The Morgan fingerprint density at radius 3 is 2.09 bits per heavy atom. The topological polar surface area (TPSA) is 93.0 Å². The molecule has 0 heterocycles. The molecule has 0 radical (unpaired) electrons. The summed E-state index contributed by atoms with van der Waals surface area (Å²) in [6.07, 6.45) is 6.87. The number of benzene rings is 1. The van der Waals surface area contributed by atoms with Crippen molar-refractivity contribution >= 4 is 22.0 Å². The van der Waals surface area contributed by atoms with E-state index in [2.05, 4.69) is 9.98 Å². The quantitative estimate of drug-likeness (QED) is 0.625. The van der Waals surface area contributed by atoms with Gasteiger partial charge in [-0.2, -0.15) is 9.98 Å². The first kappa shape index (κ1) is 16.8. The highest BCUT2D eigenvalue weighted by molar-refractivity contribution is 7.95. The zero-order chi connectivity index (χ0) is 17.1. The van der Waals surface area contributed by atoms with Gasteiger partial charge in [0.15, 0.2) is 0 Å². The van der Waals surface area contributed by atoms with Crippen LogP contribution < -0.4 is 0 Å². The summed E-state index contributed by atoms with van der Waals surface area (Å²) in [4.78, 5) is 28.7. The van der Waals surface area contributed by atoms with Crippen molar-refractivity contribution in [3.8, 4) is 0 Å². The Bertz CT molecular complexity index is 852. The third-order valence-corrected chi connectivity index (χ3v) is 5.52. The van der Waals surface area contributed by atoms with E-state index in [-0.39, 0.29) is 9.80 Å². The standard InChI is InChI=1S/C16H14N2O4S/c1-15(2)9-8-14(10-16(15,17-11-19)18-12-20)23(21,22)13-6-4-3-5-7-13/h3-10H,1-2H3. The molecule has 0 spiro atoms. The Kier molecular flexibility index (Phi) is 4.30. The van der Waals surface area contributed by atoms with E-state index >= 15 is 0 Å². The van der Waals surface area contributed by atoms with Gasteiger partial charge in [-0.05, 0) is 24.3 Å². The third kappa shape index (κ3) is 2.85. The van der Waals surface area contributed by atoms with Crippen LogP contribution in [0.4, 0.5) is 0 Å². The molecular weight excluding hydrogens is 316 g/mol. The molecule has 6 nitrogen and oxygen atoms in total. The van der Waals surface area contributed by atoms with Crippen LogP contribution in [0.3, 0.4) is 0 Å². The van der Waals surface area contributed by atoms with Crippen LogP contribution in [0.2, 0.25) is 0 Å². The molecule has 0 bridgehead atoms. The normalized spacial score (nSPS) is 22.4. The van der Waals surface area contributed by atoms with Gasteiger partial charge in [-0.25, -0.2) is 18.0 Å². The lowest BCUT2D eigenvalue weighted by molar-refractivity contribution is 0.291. The van der Waals surface area contributed by atoms with Crippen LogP contribution >= 0.6 is 0 Å². The summed E-state index contributed by atoms with van der Waals surface area (Å²) in [6.45, 7) is 3.35. The molecule has 0 fully saturated rings. The largest absolute Gasteiger partial charge is 0.237 e. The molecule has 0 saturated carbocycles. The lowest BCUT2D eigenvalue weighted by atomic mass is 9.76. The number of nitrogens with zero attached hydrogens (tertiary/aromatic N) is 2. The molecule has 1 aromatic carbocycles. The summed E-state index contributed by atoms with van der Waals surface area (Å²) in [5.41, 5.74) is -2.58. The van der Waals surface area contributed by atoms with Crippen molar-refractivity contribution in [3.63, 3.8) is 0 Å². The number of isocyanates is 2. The summed E-state index contributed by atoms with van der Waals surface area (Å²) in [5.74, 6) is 0. The van der Waals surface area contributed by atoms with Gasteiger partial charge in [0, 0.05) is 5.41 Å². The highest BCUT2D eigenvalue weighted by Crippen LogP contribution is 2.43. The van der Waals surface area contributed by atoms with Gasteiger partial charge < -0.3 is 0 Å². The van der Waals surface area contributed by atoms with Crippen LogP contribution in [-0.2, 0) is 19.4 Å². The average Bonchev–Trinajstić information content (AvgIpc) is 2.51. The molecule has 0 saturated heterocycles. The van der Waals surface area contributed by atoms with Gasteiger partial charge in [0.25, 0.3) is 0 Å². The smallest absolute Gasteiger partial charge is 0.219 e. The minimum absolute atomic E-state index is 0.0923. The van der Waals surface area contributed by atoms with Crippen molar-refractivity contribution in [1.29, 1.82) is 0 Å². The Hall–Kier alpha value is -2.59. The van der Waals surface area contributed by atoms with E-state index in [4.69, 9.17) is 0 Å². The molecule has 118 valence electrons. The van der Waals surface area contributed by atoms with Crippen molar-refractivity contribution in [2.24, 2.45) is 15.4 Å². The van der Waals surface area contributed by atoms with Gasteiger partial charge in [0.05, 0.1) is 9.80 Å². The number of hydrogen-bond donors (Lipinski definition) is 0. The average molecular weight is 330 g/mol. The van der Waals surface area contributed by atoms with E-state index in [1.54, 1.807) is 38.1 Å². The lowest BCUT2D eigenvalue weighted by Gasteiger charge is -2.36. The second kappa shape index (κ2) is 5.89. The first-order chi connectivity index (χ1) is 10.8. The van der Waals surface area contributed by atoms with Crippen molar-refractivity contribution in [3.05, 3.63) is 53.5 Å². The maximum Gasteiger partial charge on any atom is 0.237 e. The Labute approximate surface area is 133 Å². The van der Waals surface area contributed by atoms with Crippen LogP contribution in [0.5, 0.6) is 0 Å². The Morgan fingerprint density at radius 1 is 1.00 bits per heavy atom. The predicted molar refractivity (Wildman–Crippen MR) is 83.6 cm³/mol. The SMILES string of the molecule is CC1(C)C=CC(S(=O)(=O)c2ccccc2)=CC1(N=C=O)N=C=O. The van der Waals surface area contributed by atoms with Crippen LogP contribution in [0.15, 0.2) is 68.3 Å². The minimum atomic E-state index is -3.83. The highest BCUT2D eigenvalue weighted by atomic mass is 32.2.